The SMILES string of the molecule is O=C1C=CC(=CC=C(O)OC[C@H]2O[C@@H](Oc3ccc(/C=C/C(=O)OC[C@H]4O[C@@H](Oc5cc(-c6oc7cc(O)cc(=O)c-7cc6O[C@@H]6O[C@H](COC(=O)CC(=O)O)[C@@H](O)[C@H](O)[C@H]6O)cc(O[C@@H]6O[C@H](COC(=O)/C=C/c7ccc(O[C@@H]8O[C@H](COC(=[OH+])C=Cc9ccc(O)cc9)[C@@H](O)[C@H](O)[C@H]8O)cc7)[C@@H](O)[C@H](O)[C@H]6O)c5O)[C@H](O)[C@@H](O)[C@@H]4O)cc3)[C@H](O)[C@@H](O)[C@@H]2O)C=C1. The van der Waals surface area contributed by atoms with Crippen molar-refractivity contribution in [3.05, 3.63) is 196 Å². The summed E-state index contributed by atoms with van der Waals surface area (Å²) in [7, 11) is 0. The van der Waals surface area contributed by atoms with Crippen molar-refractivity contribution in [2.45, 2.75) is 160 Å². The van der Waals surface area contributed by atoms with E-state index in [1.165, 1.54) is 115 Å². The van der Waals surface area contributed by atoms with Gasteiger partial charge in [0.15, 0.2) is 40.3 Å². The van der Waals surface area contributed by atoms with Gasteiger partial charge in [-0.2, -0.15) is 0 Å². The van der Waals surface area contributed by atoms with E-state index >= 15 is 0 Å². The number of carboxylic acid groups (broad SMARTS) is 1. The molecule has 21 N–H and O–H groups in total. The summed E-state index contributed by atoms with van der Waals surface area (Å²) in [5.74, 6) is -12.0. The van der Waals surface area contributed by atoms with Crippen molar-refractivity contribution in [3.8, 4) is 68.6 Å². The molecule has 0 radical (unpaired) electrons. The van der Waals surface area contributed by atoms with Gasteiger partial charge in [0, 0.05) is 35.9 Å². The van der Waals surface area contributed by atoms with Crippen molar-refractivity contribution >= 4 is 53.9 Å². The summed E-state index contributed by atoms with van der Waals surface area (Å²) in [5.41, 5.74) is -0.0679. The highest BCUT2D eigenvalue weighted by Gasteiger charge is 2.52. The number of ether oxygens (including phenoxy) is 15. The van der Waals surface area contributed by atoms with Crippen LogP contribution in [0.5, 0.6) is 46.0 Å². The molecule has 6 heterocycles. The minimum atomic E-state index is -2.31. The molecular formula is C84H87O43+. The zero-order valence-electron chi connectivity index (χ0n) is 65.8. The molecule has 0 aromatic heterocycles. The van der Waals surface area contributed by atoms with E-state index in [0.717, 1.165) is 48.6 Å². The molecule has 8 aliphatic rings. The first kappa shape index (κ1) is 93.9. The minimum absolute atomic E-state index is 0.0178. The van der Waals surface area contributed by atoms with Crippen LogP contribution in [0.4, 0.5) is 0 Å². The highest BCUT2D eigenvalue weighted by molar-refractivity contribution is 6.01. The Morgan fingerprint density at radius 1 is 0.394 bits per heavy atom. The zero-order chi connectivity index (χ0) is 91.4. The van der Waals surface area contributed by atoms with Gasteiger partial charge in [0.05, 0.1) is 11.6 Å². The summed E-state index contributed by atoms with van der Waals surface area (Å²) in [6.07, 6.45) is -34.4. The monoisotopic (exact) mass is 1780 g/mol. The molecular weight excluding hydrogens is 1700 g/mol. The molecule has 127 heavy (non-hydrogen) atoms. The Hall–Kier alpha value is -12.3. The van der Waals surface area contributed by atoms with Gasteiger partial charge < -0.3 is 182 Å². The smallest absolute Gasteiger partial charge is 0.508 e. The quantitative estimate of drug-likeness (QED) is 0.00524. The highest BCUT2D eigenvalue weighted by Crippen LogP contribution is 2.48. The second kappa shape index (κ2) is 41.9. The summed E-state index contributed by atoms with van der Waals surface area (Å²) in [5, 5.41) is 217. The maximum Gasteiger partial charge on any atom is 0.510 e. The number of rotatable bonds is 31. The van der Waals surface area contributed by atoms with E-state index in [1.807, 2.05) is 0 Å². The first-order chi connectivity index (χ1) is 60.5. The Balaban J connectivity index is 0.742. The second-order valence-electron chi connectivity index (χ2n) is 29.2. The third kappa shape index (κ3) is 23.7. The van der Waals surface area contributed by atoms with Gasteiger partial charge in [0.2, 0.25) is 43.8 Å². The van der Waals surface area contributed by atoms with Crippen molar-refractivity contribution in [1.82, 2.24) is 0 Å². The van der Waals surface area contributed by atoms with Crippen molar-refractivity contribution in [1.29, 1.82) is 0 Å². The van der Waals surface area contributed by atoms with Gasteiger partial charge in [-0.15, -0.1) is 0 Å². The van der Waals surface area contributed by atoms with Crippen LogP contribution in [-0.4, -0.2) is 329 Å². The molecule has 6 aliphatic heterocycles. The van der Waals surface area contributed by atoms with E-state index in [-0.39, 0.29) is 23.0 Å². The average Bonchev–Trinajstić information content (AvgIpc) is 0.759. The first-order valence-electron chi connectivity index (χ1n) is 38.6. The summed E-state index contributed by atoms with van der Waals surface area (Å²) in [4.78, 5) is 85.4. The normalized spacial score (nSPS) is 30.4. The Bertz CT molecular complexity index is 5070. The summed E-state index contributed by atoms with van der Waals surface area (Å²) in [6, 6.07) is 21.4. The number of hydrogen-bond donors (Lipinski definition) is 20. The fourth-order valence-corrected chi connectivity index (χ4v) is 13.1. The largest absolute Gasteiger partial charge is 0.510 e. The molecule has 4 aromatic rings. The Morgan fingerprint density at radius 3 is 1.20 bits per heavy atom. The van der Waals surface area contributed by atoms with Crippen LogP contribution in [-0.2, 0) is 71.3 Å². The molecule has 25 atom stereocenters. The zero-order valence-corrected chi connectivity index (χ0v) is 65.8. The summed E-state index contributed by atoms with van der Waals surface area (Å²) < 4.78 is 90.7. The molecule has 0 amide bonds. The third-order valence-electron chi connectivity index (χ3n) is 20.1. The number of aromatic hydroxyl groups is 3. The Morgan fingerprint density at radius 2 is 0.772 bits per heavy atom. The van der Waals surface area contributed by atoms with Gasteiger partial charge in [-0.1, -0.05) is 48.6 Å². The number of aliphatic hydroxyl groups excluding tert-OH is 16. The van der Waals surface area contributed by atoms with Crippen LogP contribution in [0.1, 0.15) is 23.1 Å². The van der Waals surface area contributed by atoms with Crippen LogP contribution >= 0.6 is 0 Å². The molecule has 4 aromatic carbocycles. The average molecular weight is 1780 g/mol. The number of phenolic OH excluding ortho intramolecular Hbond substituents is 3. The lowest BCUT2D eigenvalue weighted by atomic mass is 9.99. The van der Waals surface area contributed by atoms with Crippen molar-refractivity contribution < 1.29 is 206 Å². The van der Waals surface area contributed by atoms with E-state index in [1.54, 1.807) is 12.1 Å². The van der Waals surface area contributed by atoms with Crippen LogP contribution in [0.25, 0.3) is 40.9 Å². The lowest BCUT2D eigenvalue weighted by Gasteiger charge is -2.40. The summed E-state index contributed by atoms with van der Waals surface area (Å²) >= 11 is 0. The number of aliphatic hydroxyl groups is 16. The number of carbonyl (C=O) groups is 5. The predicted molar refractivity (Wildman–Crippen MR) is 421 cm³/mol. The molecule has 12 rings (SSSR count). The number of aliphatic carboxylic acids is 1. The molecule has 43 nitrogen and oxygen atoms in total. The maximum atomic E-state index is 13.5. The van der Waals surface area contributed by atoms with E-state index in [2.05, 4.69) is 0 Å². The van der Waals surface area contributed by atoms with Gasteiger partial charge in [-0.25, -0.2) is 9.59 Å². The van der Waals surface area contributed by atoms with Gasteiger partial charge >= 0.3 is 29.8 Å². The number of allylic oxidation sites excluding steroid dienone is 7. The topological polar surface area (TPSA) is 680 Å². The van der Waals surface area contributed by atoms with Crippen LogP contribution in [0, 0.1) is 0 Å². The molecule has 5 saturated heterocycles. The van der Waals surface area contributed by atoms with Crippen molar-refractivity contribution in [2.75, 3.05) is 33.0 Å². The molecule has 0 unspecified atom stereocenters. The number of carboxylic acids is 1. The van der Waals surface area contributed by atoms with Crippen LogP contribution in [0.15, 0.2) is 179 Å². The number of benzene rings is 5. The molecule has 680 valence electrons. The predicted octanol–water partition coefficient (Wildman–Crippen LogP) is -2.74. The Labute approximate surface area is 715 Å². The standard InChI is InChI=1S/C84H86O43/c85-41-13-1-36(2-14-41)9-21-58(91)112-31-52-64(97)69(102)74(107)80(123-52)117-44-17-5-38(6-18-44)11-23-60(93)114-33-54-66(99)71(104)76(109)82(125-54)120-49-25-40(79-51(29-46-47(88)27-43(87)28-48(46)119-79)122-84-78(111)73(106)68(101)56(127-84)35-116-62(95)30-57(89)90)26-50(63(49)96)121-83-77(110)72(105)67(100)55(126-83)34-115-61(94)24-12-39-7-19-45(20-8-39)118-81-75(108)70(103)65(98)53(124-81)32-113-59(92)22-10-37-3-15-42(86)16-4-37/h1-29,52-56,64-78,80-85,87,92,96-111H,30-35H2,(H,89,90)/p+1/b21-9?,23-11+,24-12+,59-22?/t52-,53-,54-,55-,56-,64-,65-,66-,67-,68-,69+,70+,71+,72+,73+,74-,75-,76-,77-,78-,80-,81-,82-,83-,84-/m1/s1. The summed E-state index contributed by atoms with van der Waals surface area (Å²) in [6.45, 7) is -3.86. The van der Waals surface area contributed by atoms with E-state index in [0.29, 0.717) is 22.3 Å². The van der Waals surface area contributed by atoms with Crippen LogP contribution in [0.2, 0.25) is 0 Å². The second-order valence-corrected chi connectivity index (χ2v) is 29.2. The fourth-order valence-electron chi connectivity index (χ4n) is 13.1. The molecule has 2 aliphatic carbocycles. The Kier molecular flexibility index (Phi) is 31.0. The molecule has 0 spiro atoms. The van der Waals surface area contributed by atoms with Crippen molar-refractivity contribution in [2.24, 2.45) is 0 Å². The number of ketones is 1. The third-order valence-corrected chi connectivity index (χ3v) is 20.1. The van der Waals surface area contributed by atoms with Gasteiger partial charge in [-0.05, 0) is 113 Å². The molecule has 0 saturated carbocycles. The lowest BCUT2D eigenvalue weighted by molar-refractivity contribution is -0.279. The van der Waals surface area contributed by atoms with E-state index < -0.39 is 286 Å². The maximum absolute atomic E-state index is 13.5. The lowest BCUT2D eigenvalue weighted by Crippen LogP contribution is -2.60. The number of phenols is 3. The first-order valence-corrected chi connectivity index (χ1v) is 38.6. The number of esters is 4. The fraction of sp³-hybridized carbons (Fsp3) is 0.369. The van der Waals surface area contributed by atoms with Crippen molar-refractivity contribution in [3.63, 3.8) is 0 Å². The number of carbonyl (C=O) groups excluding carboxylic acids is 5. The molecule has 0 bridgehead atoms. The van der Waals surface area contributed by atoms with Gasteiger partial charge in [0.25, 0.3) is 5.95 Å². The van der Waals surface area contributed by atoms with E-state index in [9.17, 15) is 131 Å². The number of hydrogen-bond acceptors (Lipinski definition) is 41. The van der Waals surface area contributed by atoms with Gasteiger partial charge in [-0.3, -0.25) is 19.2 Å². The highest BCUT2D eigenvalue weighted by atomic mass is 16.7. The van der Waals surface area contributed by atoms with Gasteiger partial charge in [0.1, 0.15) is 178 Å². The molecule has 43 heteroatoms. The molecule has 5 fully saturated rings. The minimum Gasteiger partial charge on any atom is -0.508 e. The number of fused-ring (bicyclic) bond motifs is 1. The van der Waals surface area contributed by atoms with Crippen LogP contribution in [0.3, 0.4) is 0 Å². The van der Waals surface area contributed by atoms with Crippen LogP contribution < -0.4 is 29.1 Å². The van der Waals surface area contributed by atoms with E-state index in [4.69, 9.17) is 80.6 Å².